The van der Waals surface area contributed by atoms with Crippen LogP contribution in [0.4, 0.5) is 0 Å². The number of benzene rings is 2. The monoisotopic (exact) mass is 402 g/mol. The second-order valence-corrected chi connectivity index (χ2v) is 9.10. The second-order valence-electron chi connectivity index (χ2n) is 6.31. The highest BCUT2D eigenvalue weighted by Gasteiger charge is 2.13. The maximum absolute atomic E-state index is 11.9. The molecule has 0 unspecified atom stereocenters. The summed E-state index contributed by atoms with van der Waals surface area (Å²) in [5, 5.41) is 2.01. The average molecular weight is 402 g/mol. The lowest BCUT2D eigenvalue weighted by Crippen LogP contribution is -1.96. The molecule has 2 aromatic heterocycles. The van der Waals surface area contributed by atoms with Gasteiger partial charge >= 0.3 is 0 Å². The minimum absolute atomic E-state index is 0.324. The van der Waals surface area contributed by atoms with Gasteiger partial charge in [-0.1, -0.05) is 0 Å². The molecule has 27 heavy (non-hydrogen) atoms. The van der Waals surface area contributed by atoms with E-state index in [0.717, 1.165) is 49.9 Å². The van der Waals surface area contributed by atoms with Gasteiger partial charge in [0.05, 0.1) is 24.0 Å². The van der Waals surface area contributed by atoms with Gasteiger partial charge < -0.3 is 9.97 Å². The fraction of sp³-hybridized carbons (Fsp3) is 0.158. The molecule has 8 heteroatoms. The number of hydrogen-bond donors (Lipinski definition) is 2. The van der Waals surface area contributed by atoms with Gasteiger partial charge in [0, 0.05) is 51.8 Å². The van der Waals surface area contributed by atoms with E-state index >= 15 is 0 Å². The number of fused-ring (bicyclic) bond motifs is 2. The van der Waals surface area contributed by atoms with E-state index in [1.54, 1.807) is 18.2 Å². The Bertz CT molecular complexity index is 1230. The van der Waals surface area contributed by atoms with E-state index < -0.39 is 9.84 Å². The van der Waals surface area contributed by atoms with Crippen molar-refractivity contribution in [3.05, 3.63) is 59.9 Å². The molecule has 0 aliphatic rings. The molecule has 0 saturated heterocycles. The molecule has 0 saturated carbocycles. The molecule has 4 aromatic rings. The summed E-state index contributed by atoms with van der Waals surface area (Å²) in [5.74, 6) is 0. The molecule has 140 valence electrons. The third-order valence-electron chi connectivity index (χ3n) is 4.49. The van der Waals surface area contributed by atoms with E-state index in [4.69, 9.17) is 4.33 Å². The lowest BCUT2D eigenvalue weighted by atomic mass is 10.0. The molecule has 0 spiro atoms. The van der Waals surface area contributed by atoms with Gasteiger partial charge in [-0.25, -0.2) is 13.3 Å². The molecular formula is C19H18N2O4S2. The van der Waals surface area contributed by atoms with Gasteiger partial charge in [-0.05, 0) is 47.5 Å². The average Bonchev–Trinajstić information content (AvgIpc) is 3.23. The van der Waals surface area contributed by atoms with Crippen LogP contribution in [-0.4, -0.2) is 31.8 Å². The van der Waals surface area contributed by atoms with Crippen LogP contribution in [0.2, 0.25) is 0 Å². The minimum atomic E-state index is -3.25. The summed E-state index contributed by atoms with van der Waals surface area (Å²) in [6.07, 6.45) is 5.81. The summed E-state index contributed by atoms with van der Waals surface area (Å²) < 4.78 is 28.7. The van der Waals surface area contributed by atoms with Crippen molar-refractivity contribution in [1.29, 1.82) is 0 Å². The van der Waals surface area contributed by atoms with Crippen molar-refractivity contribution in [2.45, 2.75) is 16.2 Å². The fourth-order valence-electron chi connectivity index (χ4n) is 3.17. The maximum Gasteiger partial charge on any atom is 0.175 e. The molecule has 0 aliphatic carbocycles. The van der Waals surface area contributed by atoms with E-state index in [1.807, 2.05) is 30.6 Å². The van der Waals surface area contributed by atoms with E-state index in [9.17, 15) is 8.42 Å². The number of aromatic nitrogens is 2. The first-order valence-electron chi connectivity index (χ1n) is 8.23. The lowest BCUT2D eigenvalue weighted by Gasteiger charge is -2.03. The van der Waals surface area contributed by atoms with Gasteiger partial charge in [-0.2, -0.15) is 4.33 Å². The molecule has 2 N–H and O–H groups in total. The van der Waals surface area contributed by atoms with Crippen LogP contribution in [0, 0.1) is 0 Å². The number of H-pyrrole nitrogens is 2. The van der Waals surface area contributed by atoms with Gasteiger partial charge in [0.25, 0.3) is 0 Å². The quantitative estimate of drug-likeness (QED) is 0.286. The Morgan fingerprint density at radius 3 is 2.22 bits per heavy atom. The van der Waals surface area contributed by atoms with Crippen molar-refractivity contribution in [1.82, 2.24) is 9.97 Å². The van der Waals surface area contributed by atoms with Crippen molar-refractivity contribution in [3.8, 4) is 0 Å². The third-order valence-corrected chi connectivity index (χ3v) is 6.25. The normalized spacial score (nSPS) is 12.2. The molecule has 6 nitrogen and oxygen atoms in total. The summed E-state index contributed by atoms with van der Waals surface area (Å²) in [7, 11) is -1.78. The molecule has 0 fully saturated rings. The molecule has 0 bridgehead atoms. The van der Waals surface area contributed by atoms with Crippen molar-refractivity contribution in [3.63, 3.8) is 0 Å². The molecule has 2 aromatic carbocycles. The second kappa shape index (κ2) is 7.05. The zero-order valence-corrected chi connectivity index (χ0v) is 16.4. The first kappa shape index (κ1) is 18.1. The Balaban J connectivity index is 1.73. The molecule has 0 radical (unpaired) electrons. The molecule has 2 heterocycles. The Hall–Kier alpha value is -2.26. The largest absolute Gasteiger partial charge is 0.361 e. The van der Waals surface area contributed by atoms with E-state index in [1.165, 1.54) is 13.4 Å². The summed E-state index contributed by atoms with van der Waals surface area (Å²) in [6.45, 7) is 0. The van der Waals surface area contributed by atoms with Crippen molar-refractivity contribution >= 4 is 43.7 Å². The summed E-state index contributed by atoms with van der Waals surface area (Å²) in [6, 6.07) is 11.2. The van der Waals surface area contributed by atoms with E-state index in [-0.39, 0.29) is 0 Å². The Kier molecular flexibility index (Phi) is 4.73. The predicted octanol–water partition coefficient (Wildman–Crippen LogP) is 4.23. The van der Waals surface area contributed by atoms with Crippen LogP contribution in [0.5, 0.6) is 0 Å². The number of rotatable bonds is 6. The molecule has 4 rings (SSSR count). The Labute approximate surface area is 160 Å². The van der Waals surface area contributed by atoms with E-state index in [2.05, 4.69) is 14.9 Å². The standard InChI is InChI=1S/C19H18N2O4S2/c1-24-25-26-14-3-5-18-16(8-14)12(10-20-18)7-13-11-21-19-6-4-15(9-17(13)19)27(2,22)23/h3-6,8-11,20-21H,7H2,1-2H3. The highest BCUT2D eigenvalue weighted by atomic mass is 32.2. The number of hydrogen-bond acceptors (Lipinski definition) is 5. The smallest absolute Gasteiger partial charge is 0.175 e. The third kappa shape index (κ3) is 3.61. The van der Waals surface area contributed by atoms with Gasteiger partial charge in [-0.3, -0.25) is 0 Å². The molecule has 0 amide bonds. The molecule has 0 atom stereocenters. The number of sulfone groups is 1. The van der Waals surface area contributed by atoms with Crippen LogP contribution in [0.3, 0.4) is 0 Å². The van der Waals surface area contributed by atoms with Gasteiger partial charge in [-0.15, -0.1) is 0 Å². The summed E-state index contributed by atoms with van der Waals surface area (Å²) in [4.78, 5) is 12.4. The zero-order valence-electron chi connectivity index (χ0n) is 14.8. The first-order valence-corrected chi connectivity index (χ1v) is 10.9. The zero-order chi connectivity index (χ0) is 19.0. The lowest BCUT2D eigenvalue weighted by molar-refractivity contribution is -0.160. The Morgan fingerprint density at radius 1 is 0.963 bits per heavy atom. The van der Waals surface area contributed by atoms with Crippen LogP contribution in [-0.2, 0) is 25.5 Å². The highest BCUT2D eigenvalue weighted by Crippen LogP contribution is 2.30. The number of nitrogens with one attached hydrogen (secondary N) is 2. The van der Waals surface area contributed by atoms with Crippen LogP contribution < -0.4 is 0 Å². The van der Waals surface area contributed by atoms with Gasteiger partial charge in [0.15, 0.2) is 9.84 Å². The van der Waals surface area contributed by atoms with Crippen molar-refractivity contribution in [2.24, 2.45) is 0 Å². The van der Waals surface area contributed by atoms with Crippen LogP contribution >= 0.6 is 12.0 Å². The highest BCUT2D eigenvalue weighted by molar-refractivity contribution is 7.94. The SMILES string of the molecule is COOSc1ccc2[nH]cc(Cc3c[nH]c4ccc(S(C)(=O)=O)cc34)c2c1. The van der Waals surface area contributed by atoms with Gasteiger partial charge in [0.2, 0.25) is 0 Å². The van der Waals surface area contributed by atoms with E-state index in [0.29, 0.717) is 11.3 Å². The summed E-state index contributed by atoms with van der Waals surface area (Å²) in [5.41, 5.74) is 4.11. The van der Waals surface area contributed by atoms with Crippen LogP contribution in [0.1, 0.15) is 11.1 Å². The predicted molar refractivity (Wildman–Crippen MR) is 106 cm³/mol. The topological polar surface area (TPSA) is 84.2 Å². The number of aromatic amines is 2. The molecule has 0 aliphatic heterocycles. The fourth-order valence-corrected chi connectivity index (χ4v) is 4.25. The van der Waals surface area contributed by atoms with Crippen molar-refractivity contribution < 1.29 is 17.6 Å². The van der Waals surface area contributed by atoms with Gasteiger partial charge in [0.1, 0.15) is 0 Å². The van der Waals surface area contributed by atoms with Crippen LogP contribution in [0.15, 0.2) is 58.6 Å². The van der Waals surface area contributed by atoms with Crippen molar-refractivity contribution in [2.75, 3.05) is 13.4 Å². The maximum atomic E-state index is 11.9. The Morgan fingerprint density at radius 2 is 1.59 bits per heavy atom. The van der Waals surface area contributed by atoms with Crippen LogP contribution in [0.25, 0.3) is 21.8 Å². The molecular weight excluding hydrogens is 384 g/mol. The minimum Gasteiger partial charge on any atom is -0.361 e. The first-order chi connectivity index (χ1) is 13.0. The summed E-state index contributed by atoms with van der Waals surface area (Å²) >= 11 is 1.15.